The van der Waals surface area contributed by atoms with E-state index in [2.05, 4.69) is 27.3 Å². The van der Waals surface area contributed by atoms with Crippen molar-refractivity contribution in [2.45, 2.75) is 6.54 Å². The summed E-state index contributed by atoms with van der Waals surface area (Å²) in [7, 11) is 0. The standard InChI is InChI=1S/C14H10BrFN2/c15-12-4-5-14(13(16)7-12)18-9-11-3-1-2-10(6-11)8-17/h1-7,18H,9H2. The largest absolute Gasteiger partial charge is 0.379 e. The highest BCUT2D eigenvalue weighted by atomic mass is 79.9. The Bertz CT molecular complexity index is 605. The molecule has 0 bridgehead atoms. The first-order chi connectivity index (χ1) is 8.69. The van der Waals surface area contributed by atoms with Crippen LogP contribution in [0, 0.1) is 17.1 Å². The van der Waals surface area contributed by atoms with Crippen molar-refractivity contribution in [1.29, 1.82) is 5.26 Å². The lowest BCUT2D eigenvalue weighted by Crippen LogP contribution is -2.01. The van der Waals surface area contributed by atoms with E-state index in [4.69, 9.17) is 5.26 Å². The van der Waals surface area contributed by atoms with Gasteiger partial charge in [0.1, 0.15) is 5.82 Å². The Balaban J connectivity index is 2.09. The second kappa shape index (κ2) is 5.65. The number of benzene rings is 2. The van der Waals surface area contributed by atoms with Gasteiger partial charge in [-0.05, 0) is 35.9 Å². The lowest BCUT2D eigenvalue weighted by molar-refractivity contribution is 0.629. The quantitative estimate of drug-likeness (QED) is 0.927. The molecule has 2 aromatic rings. The van der Waals surface area contributed by atoms with Gasteiger partial charge in [-0.2, -0.15) is 5.26 Å². The van der Waals surface area contributed by atoms with E-state index in [0.29, 0.717) is 22.3 Å². The summed E-state index contributed by atoms with van der Waals surface area (Å²) in [6, 6.07) is 14.2. The number of rotatable bonds is 3. The summed E-state index contributed by atoms with van der Waals surface area (Å²) < 4.78 is 14.3. The van der Waals surface area contributed by atoms with Crippen LogP contribution in [0.15, 0.2) is 46.9 Å². The number of halogens is 2. The monoisotopic (exact) mass is 304 g/mol. The van der Waals surface area contributed by atoms with Crippen LogP contribution < -0.4 is 5.32 Å². The maximum absolute atomic E-state index is 13.6. The lowest BCUT2D eigenvalue weighted by Gasteiger charge is -2.08. The van der Waals surface area contributed by atoms with Crippen molar-refractivity contribution in [3.8, 4) is 6.07 Å². The highest BCUT2D eigenvalue weighted by Gasteiger charge is 2.02. The smallest absolute Gasteiger partial charge is 0.147 e. The molecule has 0 radical (unpaired) electrons. The maximum Gasteiger partial charge on any atom is 0.147 e. The summed E-state index contributed by atoms with van der Waals surface area (Å²) in [6.45, 7) is 0.480. The molecule has 2 nitrogen and oxygen atoms in total. The number of nitrogens with one attached hydrogen (secondary N) is 1. The zero-order valence-corrected chi connectivity index (χ0v) is 11.0. The van der Waals surface area contributed by atoms with Crippen molar-refractivity contribution in [3.05, 3.63) is 63.9 Å². The van der Waals surface area contributed by atoms with E-state index in [-0.39, 0.29) is 5.82 Å². The van der Waals surface area contributed by atoms with Gasteiger partial charge in [0, 0.05) is 11.0 Å². The van der Waals surface area contributed by atoms with Gasteiger partial charge in [-0.15, -0.1) is 0 Å². The fourth-order valence-electron chi connectivity index (χ4n) is 1.58. The van der Waals surface area contributed by atoms with E-state index in [9.17, 15) is 4.39 Å². The van der Waals surface area contributed by atoms with Gasteiger partial charge < -0.3 is 5.32 Å². The minimum Gasteiger partial charge on any atom is -0.379 e. The molecule has 0 aliphatic rings. The van der Waals surface area contributed by atoms with Crippen molar-refractivity contribution < 1.29 is 4.39 Å². The molecule has 0 unspecified atom stereocenters. The van der Waals surface area contributed by atoms with Gasteiger partial charge >= 0.3 is 0 Å². The second-order valence-electron chi connectivity index (χ2n) is 3.79. The van der Waals surface area contributed by atoms with E-state index < -0.39 is 0 Å². The van der Waals surface area contributed by atoms with Gasteiger partial charge in [0.15, 0.2) is 0 Å². The summed E-state index contributed by atoms with van der Waals surface area (Å²) in [5, 5.41) is 11.8. The number of hydrogen-bond donors (Lipinski definition) is 1. The van der Waals surface area contributed by atoms with Crippen LogP contribution in [0.5, 0.6) is 0 Å². The normalized spacial score (nSPS) is 9.83. The minimum atomic E-state index is -0.305. The Morgan fingerprint density at radius 1 is 1.22 bits per heavy atom. The Morgan fingerprint density at radius 2 is 2.06 bits per heavy atom. The molecule has 0 aromatic heterocycles. The average Bonchev–Trinajstić information content (AvgIpc) is 2.38. The van der Waals surface area contributed by atoms with Crippen LogP contribution in [0.1, 0.15) is 11.1 Å². The van der Waals surface area contributed by atoms with Crippen molar-refractivity contribution in [3.63, 3.8) is 0 Å². The predicted molar refractivity (Wildman–Crippen MR) is 72.6 cm³/mol. The van der Waals surface area contributed by atoms with Crippen LogP contribution in [0.4, 0.5) is 10.1 Å². The highest BCUT2D eigenvalue weighted by Crippen LogP contribution is 2.20. The van der Waals surface area contributed by atoms with Crippen molar-refractivity contribution >= 4 is 21.6 Å². The number of hydrogen-bond acceptors (Lipinski definition) is 2. The molecule has 18 heavy (non-hydrogen) atoms. The Hall–Kier alpha value is -1.86. The molecule has 2 aromatic carbocycles. The van der Waals surface area contributed by atoms with Gasteiger partial charge in [-0.3, -0.25) is 0 Å². The average molecular weight is 305 g/mol. The molecular weight excluding hydrogens is 295 g/mol. The van der Waals surface area contributed by atoms with Crippen molar-refractivity contribution in [2.75, 3.05) is 5.32 Å². The van der Waals surface area contributed by atoms with Gasteiger partial charge in [-0.1, -0.05) is 28.1 Å². The van der Waals surface area contributed by atoms with Crippen molar-refractivity contribution in [2.24, 2.45) is 0 Å². The first-order valence-electron chi connectivity index (χ1n) is 5.37. The van der Waals surface area contributed by atoms with Gasteiger partial charge in [0.25, 0.3) is 0 Å². The summed E-state index contributed by atoms with van der Waals surface area (Å²) >= 11 is 3.21. The Labute approximate surface area is 113 Å². The summed E-state index contributed by atoms with van der Waals surface area (Å²) in [5.41, 5.74) is 1.99. The Kier molecular flexibility index (Phi) is 3.96. The summed E-state index contributed by atoms with van der Waals surface area (Å²) in [5.74, 6) is -0.305. The first kappa shape index (κ1) is 12.6. The molecule has 0 heterocycles. The second-order valence-corrected chi connectivity index (χ2v) is 4.71. The third-order valence-corrected chi connectivity index (χ3v) is 2.96. The van der Waals surface area contributed by atoms with Gasteiger partial charge in [-0.25, -0.2) is 4.39 Å². The van der Waals surface area contributed by atoms with Gasteiger partial charge in [0.2, 0.25) is 0 Å². The van der Waals surface area contributed by atoms with Crippen LogP contribution >= 0.6 is 15.9 Å². The molecule has 0 spiro atoms. The third-order valence-electron chi connectivity index (χ3n) is 2.47. The molecule has 0 aliphatic carbocycles. The van der Waals surface area contributed by atoms with E-state index in [0.717, 1.165) is 5.56 Å². The molecule has 0 fully saturated rings. The first-order valence-corrected chi connectivity index (χ1v) is 6.16. The van der Waals surface area contributed by atoms with E-state index in [1.54, 1.807) is 24.3 Å². The molecule has 1 N–H and O–H groups in total. The van der Waals surface area contributed by atoms with Crippen molar-refractivity contribution in [1.82, 2.24) is 0 Å². The third kappa shape index (κ3) is 3.08. The molecule has 0 atom stereocenters. The zero-order chi connectivity index (χ0) is 13.0. The summed E-state index contributed by atoms with van der Waals surface area (Å²) in [6.07, 6.45) is 0. The maximum atomic E-state index is 13.6. The molecule has 2 rings (SSSR count). The number of anilines is 1. The van der Waals surface area contributed by atoms with Crippen LogP contribution in [0.2, 0.25) is 0 Å². The molecule has 0 aliphatic heterocycles. The molecule has 4 heteroatoms. The zero-order valence-electron chi connectivity index (χ0n) is 9.45. The van der Waals surface area contributed by atoms with Crippen LogP contribution in [0.3, 0.4) is 0 Å². The van der Waals surface area contributed by atoms with E-state index >= 15 is 0 Å². The molecular formula is C14H10BrFN2. The molecule has 0 saturated carbocycles. The SMILES string of the molecule is N#Cc1cccc(CNc2ccc(Br)cc2F)c1. The predicted octanol–water partition coefficient (Wildman–Crippen LogP) is 4.07. The van der Waals surface area contributed by atoms with Crippen LogP contribution in [-0.4, -0.2) is 0 Å². The van der Waals surface area contributed by atoms with E-state index in [1.165, 1.54) is 6.07 Å². The topological polar surface area (TPSA) is 35.8 Å². The Morgan fingerprint density at radius 3 is 2.78 bits per heavy atom. The summed E-state index contributed by atoms with van der Waals surface area (Å²) in [4.78, 5) is 0. The highest BCUT2D eigenvalue weighted by molar-refractivity contribution is 9.10. The molecule has 0 amide bonds. The van der Waals surface area contributed by atoms with Crippen LogP contribution in [0.25, 0.3) is 0 Å². The number of nitriles is 1. The minimum absolute atomic E-state index is 0.305. The number of nitrogens with zero attached hydrogens (tertiary/aromatic N) is 1. The molecule has 0 saturated heterocycles. The fraction of sp³-hybridized carbons (Fsp3) is 0.0714. The fourth-order valence-corrected chi connectivity index (χ4v) is 1.91. The van der Waals surface area contributed by atoms with Crippen LogP contribution in [-0.2, 0) is 6.54 Å². The van der Waals surface area contributed by atoms with Gasteiger partial charge in [0.05, 0.1) is 17.3 Å². The lowest BCUT2D eigenvalue weighted by atomic mass is 10.1. The molecule has 90 valence electrons. The van der Waals surface area contributed by atoms with E-state index in [1.807, 2.05) is 12.1 Å².